The van der Waals surface area contributed by atoms with E-state index in [-0.39, 0.29) is 5.97 Å². The van der Waals surface area contributed by atoms with Crippen LogP contribution in [0, 0.1) is 5.41 Å². The van der Waals surface area contributed by atoms with Gasteiger partial charge in [-0.3, -0.25) is 4.79 Å². The molecule has 0 fully saturated rings. The minimum absolute atomic E-state index is 0.145. The zero-order valence-corrected chi connectivity index (χ0v) is 13.2. The largest absolute Gasteiger partial charge is 0.465 e. The fourth-order valence-corrected chi connectivity index (χ4v) is 1.68. The second-order valence-corrected chi connectivity index (χ2v) is 6.38. The van der Waals surface area contributed by atoms with Crippen LogP contribution in [0.25, 0.3) is 0 Å². The van der Waals surface area contributed by atoms with E-state index in [2.05, 4.69) is 0 Å². The van der Waals surface area contributed by atoms with Crippen LogP contribution in [0.4, 0.5) is 0 Å². The van der Waals surface area contributed by atoms with E-state index in [9.17, 15) is 9.90 Å². The van der Waals surface area contributed by atoms with Gasteiger partial charge >= 0.3 is 5.97 Å². The molecule has 3 heteroatoms. The summed E-state index contributed by atoms with van der Waals surface area (Å²) in [4.78, 5) is 11.8. The number of esters is 1. The van der Waals surface area contributed by atoms with Gasteiger partial charge in [-0.15, -0.1) is 0 Å². The normalized spacial score (nSPS) is 12.3. The van der Waals surface area contributed by atoms with Gasteiger partial charge in [-0.1, -0.05) is 31.2 Å². The summed E-state index contributed by atoms with van der Waals surface area (Å²) in [5.74, 6) is -0.145. The molecular weight excluding hydrogens is 252 g/mol. The van der Waals surface area contributed by atoms with E-state index in [0.717, 1.165) is 17.5 Å². The van der Waals surface area contributed by atoms with Crippen molar-refractivity contribution in [3.05, 3.63) is 35.4 Å². The summed E-state index contributed by atoms with van der Waals surface area (Å²) < 4.78 is 5.31. The zero-order chi connectivity index (χ0) is 15.4. The molecule has 0 aliphatic heterocycles. The Morgan fingerprint density at radius 1 is 1.15 bits per heavy atom. The minimum atomic E-state index is -0.823. The molecule has 3 nitrogen and oxygen atoms in total. The van der Waals surface area contributed by atoms with Gasteiger partial charge in [0.2, 0.25) is 0 Å². The highest BCUT2D eigenvalue weighted by atomic mass is 16.5. The van der Waals surface area contributed by atoms with Crippen LogP contribution in [0.3, 0.4) is 0 Å². The number of carbonyl (C=O) groups is 1. The number of carbonyl (C=O) groups excluding carboxylic acids is 1. The molecule has 1 N–H and O–H groups in total. The molecule has 0 saturated heterocycles. The topological polar surface area (TPSA) is 46.5 Å². The van der Waals surface area contributed by atoms with Gasteiger partial charge in [0, 0.05) is 6.42 Å². The summed E-state index contributed by atoms with van der Waals surface area (Å²) in [6, 6.07) is 7.75. The van der Waals surface area contributed by atoms with Gasteiger partial charge < -0.3 is 9.84 Å². The van der Waals surface area contributed by atoms with Gasteiger partial charge in [-0.2, -0.15) is 0 Å². The van der Waals surface area contributed by atoms with Crippen molar-refractivity contribution >= 4 is 5.97 Å². The third kappa shape index (κ3) is 4.64. The summed E-state index contributed by atoms with van der Waals surface area (Å²) in [5, 5.41) is 9.88. The van der Waals surface area contributed by atoms with Crippen molar-refractivity contribution < 1.29 is 14.6 Å². The summed E-state index contributed by atoms with van der Waals surface area (Å²) in [7, 11) is 0. The van der Waals surface area contributed by atoms with Crippen LogP contribution in [0.5, 0.6) is 0 Å². The fourth-order valence-electron chi connectivity index (χ4n) is 1.68. The van der Waals surface area contributed by atoms with Crippen LogP contribution in [-0.2, 0) is 21.6 Å². The first-order valence-corrected chi connectivity index (χ1v) is 7.16. The molecule has 0 aliphatic carbocycles. The van der Waals surface area contributed by atoms with Crippen LogP contribution >= 0.6 is 0 Å². The molecule has 0 unspecified atom stereocenters. The Morgan fingerprint density at radius 3 is 2.15 bits per heavy atom. The van der Waals surface area contributed by atoms with E-state index in [0.29, 0.717) is 13.0 Å². The molecule has 1 aromatic carbocycles. The molecule has 0 amide bonds. The van der Waals surface area contributed by atoms with Crippen LogP contribution in [-0.4, -0.2) is 17.7 Å². The molecule has 20 heavy (non-hydrogen) atoms. The maximum Gasteiger partial charge on any atom is 0.311 e. The number of hydrogen-bond donors (Lipinski definition) is 1. The van der Waals surface area contributed by atoms with Gasteiger partial charge in [0.05, 0.1) is 17.6 Å². The SMILES string of the molecule is CCC(C)(C)C(=O)OCCc1ccc(C(C)(C)O)cc1. The number of aliphatic hydroxyl groups is 1. The number of rotatable bonds is 6. The van der Waals surface area contributed by atoms with E-state index < -0.39 is 11.0 Å². The molecule has 0 saturated carbocycles. The smallest absolute Gasteiger partial charge is 0.311 e. The van der Waals surface area contributed by atoms with Crippen LogP contribution in [0.15, 0.2) is 24.3 Å². The highest BCUT2D eigenvalue weighted by molar-refractivity contribution is 5.75. The predicted molar refractivity (Wildman–Crippen MR) is 80.4 cm³/mol. The molecule has 0 bridgehead atoms. The third-order valence-electron chi connectivity index (χ3n) is 3.72. The lowest BCUT2D eigenvalue weighted by molar-refractivity contribution is -0.154. The van der Waals surface area contributed by atoms with Crippen molar-refractivity contribution in [3.8, 4) is 0 Å². The maximum absolute atomic E-state index is 11.8. The van der Waals surface area contributed by atoms with Crippen molar-refractivity contribution in [1.82, 2.24) is 0 Å². The predicted octanol–water partition coefficient (Wildman–Crippen LogP) is 3.44. The minimum Gasteiger partial charge on any atom is -0.465 e. The number of hydrogen-bond acceptors (Lipinski definition) is 3. The van der Waals surface area contributed by atoms with Gasteiger partial charge in [0.1, 0.15) is 0 Å². The van der Waals surface area contributed by atoms with E-state index in [1.165, 1.54) is 0 Å². The average molecular weight is 278 g/mol. The molecule has 1 aromatic rings. The third-order valence-corrected chi connectivity index (χ3v) is 3.72. The second kappa shape index (κ2) is 6.40. The Morgan fingerprint density at radius 2 is 1.70 bits per heavy atom. The van der Waals surface area contributed by atoms with E-state index in [1.807, 2.05) is 45.0 Å². The molecule has 0 radical (unpaired) electrons. The summed E-state index contributed by atoms with van der Waals surface area (Å²) in [5.41, 5.74) is 0.742. The summed E-state index contributed by atoms with van der Waals surface area (Å²) in [6.07, 6.45) is 1.46. The first kappa shape index (κ1) is 16.7. The Bertz CT molecular complexity index is 438. The molecule has 0 spiro atoms. The Balaban J connectivity index is 2.49. The Hall–Kier alpha value is -1.35. The Kier molecular flexibility index (Phi) is 5.35. The Labute approximate surface area is 122 Å². The second-order valence-electron chi connectivity index (χ2n) is 6.38. The van der Waals surface area contributed by atoms with Crippen LogP contribution in [0.1, 0.15) is 52.2 Å². The first-order chi connectivity index (χ1) is 9.16. The molecule has 0 atom stereocenters. The zero-order valence-electron chi connectivity index (χ0n) is 13.2. The highest BCUT2D eigenvalue weighted by Gasteiger charge is 2.26. The van der Waals surface area contributed by atoms with Crippen LogP contribution in [0.2, 0.25) is 0 Å². The molecule has 0 aromatic heterocycles. The first-order valence-electron chi connectivity index (χ1n) is 7.16. The van der Waals surface area contributed by atoms with Crippen LogP contribution < -0.4 is 0 Å². The summed E-state index contributed by atoms with van der Waals surface area (Å²) in [6.45, 7) is 9.69. The van der Waals surface area contributed by atoms with Crippen molar-refractivity contribution in [2.45, 2.75) is 53.1 Å². The monoisotopic (exact) mass is 278 g/mol. The average Bonchev–Trinajstić information content (AvgIpc) is 2.38. The molecular formula is C17H26O3. The van der Waals surface area contributed by atoms with Gasteiger partial charge in [-0.25, -0.2) is 0 Å². The van der Waals surface area contributed by atoms with Gasteiger partial charge in [0.25, 0.3) is 0 Å². The molecule has 0 heterocycles. The number of benzene rings is 1. The lowest BCUT2D eigenvalue weighted by Crippen LogP contribution is -2.26. The van der Waals surface area contributed by atoms with Crippen molar-refractivity contribution in [3.63, 3.8) is 0 Å². The molecule has 1 rings (SSSR count). The van der Waals surface area contributed by atoms with Crippen molar-refractivity contribution in [2.24, 2.45) is 5.41 Å². The fraction of sp³-hybridized carbons (Fsp3) is 0.588. The quantitative estimate of drug-likeness (QED) is 0.811. The van der Waals surface area contributed by atoms with Crippen molar-refractivity contribution in [2.75, 3.05) is 6.61 Å². The van der Waals surface area contributed by atoms with Crippen molar-refractivity contribution in [1.29, 1.82) is 0 Å². The number of ether oxygens (including phenoxy) is 1. The maximum atomic E-state index is 11.8. The van der Waals surface area contributed by atoms with Gasteiger partial charge in [0.15, 0.2) is 0 Å². The van der Waals surface area contributed by atoms with E-state index in [1.54, 1.807) is 13.8 Å². The highest BCUT2D eigenvalue weighted by Crippen LogP contribution is 2.22. The lowest BCUT2D eigenvalue weighted by atomic mass is 9.91. The molecule has 112 valence electrons. The summed E-state index contributed by atoms with van der Waals surface area (Å²) >= 11 is 0. The standard InChI is InChI=1S/C17H26O3/c1-6-16(2,3)15(18)20-12-11-13-7-9-14(10-8-13)17(4,5)19/h7-10,19H,6,11-12H2,1-5H3. The lowest BCUT2D eigenvalue weighted by Gasteiger charge is -2.20. The van der Waals surface area contributed by atoms with E-state index in [4.69, 9.17) is 4.74 Å². The van der Waals surface area contributed by atoms with E-state index >= 15 is 0 Å². The molecule has 0 aliphatic rings. The van der Waals surface area contributed by atoms with Gasteiger partial charge in [-0.05, 0) is 45.2 Å².